The van der Waals surface area contributed by atoms with Gasteiger partial charge in [0.25, 0.3) is 11.8 Å². The Balaban J connectivity index is 1.28. The van der Waals surface area contributed by atoms with E-state index in [9.17, 15) is 9.59 Å². The van der Waals surface area contributed by atoms with E-state index in [-0.39, 0.29) is 11.8 Å². The van der Waals surface area contributed by atoms with Gasteiger partial charge in [-0.15, -0.1) is 22.7 Å². The van der Waals surface area contributed by atoms with E-state index in [1.807, 2.05) is 17.5 Å². The van der Waals surface area contributed by atoms with Crippen molar-refractivity contribution < 1.29 is 9.59 Å². The van der Waals surface area contributed by atoms with Crippen molar-refractivity contribution in [1.82, 2.24) is 19.8 Å². The first-order chi connectivity index (χ1) is 27.6. The van der Waals surface area contributed by atoms with E-state index in [4.69, 9.17) is 0 Å². The number of hydrogen-bond donors (Lipinski definition) is 2. The SMILES string of the molecule is CCCCCCn1ccc2c(-c3ccccc3)c3c(cc(-c4ccc(C5=C6C(=O)NC(c7cccs7)=C6C(=O)N5)s4)n3CCCCCC)c(-c3ccccc3)c21. The van der Waals surface area contributed by atoms with Crippen LogP contribution >= 0.6 is 22.7 Å². The van der Waals surface area contributed by atoms with Crippen LogP contribution in [-0.2, 0) is 22.7 Å². The topological polar surface area (TPSA) is 68.1 Å². The number of aryl methyl sites for hydroxylation is 2. The zero-order chi connectivity index (χ0) is 38.2. The largest absolute Gasteiger partial charge is 0.347 e. The third-order valence-electron chi connectivity index (χ3n) is 11.2. The molecule has 0 atom stereocenters. The molecule has 0 fully saturated rings. The molecule has 2 amide bonds. The monoisotopic (exact) mass is 774 g/mol. The minimum Gasteiger partial charge on any atom is -0.347 e. The number of nitrogens with one attached hydrogen (secondary N) is 2. The number of rotatable bonds is 15. The summed E-state index contributed by atoms with van der Waals surface area (Å²) in [6.07, 6.45) is 11.7. The molecule has 0 bridgehead atoms. The van der Waals surface area contributed by atoms with Crippen molar-refractivity contribution in [3.8, 4) is 32.8 Å². The van der Waals surface area contributed by atoms with E-state index >= 15 is 0 Å². The molecular formula is C48H46N4O2S2. The summed E-state index contributed by atoms with van der Waals surface area (Å²) < 4.78 is 5.07. The Bertz CT molecular complexity index is 2600. The molecule has 9 rings (SSSR count). The fraction of sp³-hybridized carbons (Fsp3) is 0.250. The van der Waals surface area contributed by atoms with Crippen LogP contribution in [0.4, 0.5) is 0 Å². The fourth-order valence-corrected chi connectivity index (χ4v) is 10.4. The summed E-state index contributed by atoms with van der Waals surface area (Å²) in [5.41, 5.74) is 10.7. The molecule has 0 aliphatic carbocycles. The number of unbranched alkanes of at least 4 members (excludes halogenated alkanes) is 6. The van der Waals surface area contributed by atoms with Crippen LogP contribution in [0.3, 0.4) is 0 Å². The summed E-state index contributed by atoms with van der Waals surface area (Å²) >= 11 is 3.15. The Morgan fingerprint density at radius 1 is 0.571 bits per heavy atom. The van der Waals surface area contributed by atoms with Crippen LogP contribution in [0.2, 0.25) is 0 Å². The molecular weight excluding hydrogens is 729 g/mol. The van der Waals surface area contributed by atoms with Crippen LogP contribution in [0.5, 0.6) is 0 Å². The molecule has 56 heavy (non-hydrogen) atoms. The first-order valence-electron chi connectivity index (χ1n) is 20.1. The van der Waals surface area contributed by atoms with Gasteiger partial charge in [-0.3, -0.25) is 9.59 Å². The molecule has 0 unspecified atom stereocenters. The molecule has 0 radical (unpaired) electrons. The highest BCUT2D eigenvalue weighted by atomic mass is 32.1. The van der Waals surface area contributed by atoms with Crippen LogP contribution < -0.4 is 10.6 Å². The first-order valence-corrected chi connectivity index (χ1v) is 21.8. The second-order valence-electron chi connectivity index (χ2n) is 14.9. The quantitative estimate of drug-likeness (QED) is 0.102. The van der Waals surface area contributed by atoms with Gasteiger partial charge in [-0.2, -0.15) is 0 Å². The van der Waals surface area contributed by atoms with Gasteiger partial charge in [-0.25, -0.2) is 0 Å². The molecule has 4 aromatic heterocycles. The smallest absolute Gasteiger partial charge is 0.258 e. The summed E-state index contributed by atoms with van der Waals surface area (Å²) in [6.45, 7) is 6.39. The summed E-state index contributed by atoms with van der Waals surface area (Å²) in [4.78, 5) is 29.8. The second-order valence-corrected chi connectivity index (χ2v) is 16.9. The minimum absolute atomic E-state index is 0.237. The van der Waals surface area contributed by atoms with Gasteiger partial charge in [0, 0.05) is 41.2 Å². The standard InChI is InChI=1S/C48H46N4O2S2/c1-3-5-7-15-26-51-28-25-33-39(31-18-11-9-12-19-31)46-34(40(45(33)51)32-20-13-10-14-21-32)30-35(52(46)27-16-8-6-4-2)36-23-24-38(56-36)44-42-41(47(53)50-44)43(49-48(42)54)37-22-17-29-55-37/h9-14,17-25,28-30H,3-8,15-16,26-27H2,1-2H3,(H,49,54)(H,50,53). The molecule has 6 nitrogen and oxygen atoms in total. The maximum Gasteiger partial charge on any atom is 0.258 e. The first kappa shape index (κ1) is 36.2. The van der Waals surface area contributed by atoms with Gasteiger partial charge in [0.05, 0.1) is 53.9 Å². The van der Waals surface area contributed by atoms with Gasteiger partial charge in [-0.05, 0) is 59.7 Å². The number of fused-ring (bicyclic) bond motifs is 3. The van der Waals surface area contributed by atoms with Crippen molar-refractivity contribution in [2.45, 2.75) is 78.3 Å². The van der Waals surface area contributed by atoms with Crippen molar-refractivity contribution in [3.63, 3.8) is 0 Å². The zero-order valence-electron chi connectivity index (χ0n) is 32.0. The average molecular weight is 775 g/mol. The predicted molar refractivity (Wildman–Crippen MR) is 234 cm³/mol. The number of carbonyl (C=O) groups excluding carboxylic acids is 2. The van der Waals surface area contributed by atoms with Crippen molar-refractivity contribution in [2.75, 3.05) is 0 Å². The molecule has 6 heterocycles. The zero-order valence-corrected chi connectivity index (χ0v) is 33.6. The van der Waals surface area contributed by atoms with Crippen molar-refractivity contribution in [1.29, 1.82) is 0 Å². The van der Waals surface area contributed by atoms with Crippen molar-refractivity contribution >= 4 is 67.7 Å². The molecule has 7 aromatic rings. The van der Waals surface area contributed by atoms with E-state index in [1.54, 1.807) is 11.3 Å². The summed E-state index contributed by atoms with van der Waals surface area (Å²) in [5, 5.41) is 10.6. The Labute approximate surface area is 336 Å². The van der Waals surface area contributed by atoms with Gasteiger partial charge in [0.15, 0.2) is 0 Å². The van der Waals surface area contributed by atoms with E-state index in [1.165, 1.54) is 87.5 Å². The number of hydrogen-bond acceptors (Lipinski definition) is 4. The van der Waals surface area contributed by atoms with Gasteiger partial charge in [0.2, 0.25) is 0 Å². The van der Waals surface area contributed by atoms with Crippen LogP contribution in [0.25, 0.3) is 66.0 Å². The Hall–Kier alpha value is -5.44. The molecule has 0 spiro atoms. The lowest BCUT2D eigenvalue weighted by atomic mass is 9.92. The lowest BCUT2D eigenvalue weighted by Gasteiger charge is -2.18. The predicted octanol–water partition coefficient (Wildman–Crippen LogP) is 12.3. The maximum absolute atomic E-state index is 13.5. The third-order valence-corrected chi connectivity index (χ3v) is 13.3. The molecule has 2 aliphatic rings. The second kappa shape index (κ2) is 15.6. The average Bonchev–Trinajstić information content (AvgIpc) is 4.09. The molecule has 0 saturated carbocycles. The van der Waals surface area contributed by atoms with Gasteiger partial charge in [0.1, 0.15) is 0 Å². The Morgan fingerprint density at radius 3 is 1.80 bits per heavy atom. The highest BCUT2D eigenvalue weighted by molar-refractivity contribution is 7.16. The third kappa shape index (κ3) is 6.35. The minimum atomic E-state index is -0.237. The highest BCUT2D eigenvalue weighted by Gasteiger charge is 2.41. The molecule has 282 valence electrons. The van der Waals surface area contributed by atoms with Gasteiger partial charge >= 0.3 is 0 Å². The number of thiophene rings is 2. The summed E-state index contributed by atoms with van der Waals surface area (Å²) in [6, 6.07) is 34.7. The molecule has 0 saturated heterocycles. The normalized spacial score (nSPS) is 14.1. The maximum atomic E-state index is 13.5. The van der Waals surface area contributed by atoms with E-state index in [0.717, 1.165) is 52.7 Å². The lowest BCUT2D eigenvalue weighted by molar-refractivity contribution is -0.117. The number of benzene rings is 3. The Morgan fingerprint density at radius 2 is 1.18 bits per heavy atom. The molecule has 2 aliphatic heterocycles. The van der Waals surface area contributed by atoms with Crippen molar-refractivity contribution in [2.24, 2.45) is 0 Å². The number of carbonyl (C=O) groups is 2. The molecule has 8 heteroatoms. The van der Waals surface area contributed by atoms with Crippen LogP contribution in [0.1, 0.15) is 75.0 Å². The van der Waals surface area contributed by atoms with E-state index in [0.29, 0.717) is 22.5 Å². The highest BCUT2D eigenvalue weighted by Crippen LogP contribution is 2.48. The summed E-state index contributed by atoms with van der Waals surface area (Å²) in [7, 11) is 0. The van der Waals surface area contributed by atoms with Crippen LogP contribution in [-0.4, -0.2) is 20.9 Å². The van der Waals surface area contributed by atoms with Crippen LogP contribution in [0, 0.1) is 0 Å². The number of nitrogens with zero attached hydrogens (tertiary/aromatic N) is 2. The Kier molecular flexibility index (Phi) is 10.1. The van der Waals surface area contributed by atoms with E-state index < -0.39 is 0 Å². The number of amides is 2. The van der Waals surface area contributed by atoms with Crippen molar-refractivity contribution in [3.05, 3.63) is 130 Å². The van der Waals surface area contributed by atoms with Gasteiger partial charge < -0.3 is 19.8 Å². The van der Waals surface area contributed by atoms with E-state index in [2.05, 4.69) is 125 Å². The fourth-order valence-electron chi connectivity index (χ4n) is 8.62. The molecule has 2 N–H and O–H groups in total. The number of aromatic nitrogens is 2. The molecule has 3 aromatic carbocycles. The summed E-state index contributed by atoms with van der Waals surface area (Å²) in [5.74, 6) is -0.475. The van der Waals surface area contributed by atoms with Gasteiger partial charge in [-0.1, -0.05) is 119 Å². The van der Waals surface area contributed by atoms with Crippen LogP contribution in [0.15, 0.2) is 120 Å². The lowest BCUT2D eigenvalue weighted by Crippen LogP contribution is -2.20.